The van der Waals surface area contributed by atoms with E-state index >= 15 is 0 Å². The average Bonchev–Trinajstić information content (AvgIpc) is 3.37. The number of ether oxygens (including phenoxy) is 1. The van der Waals surface area contributed by atoms with Gasteiger partial charge in [0.1, 0.15) is 18.1 Å². The van der Waals surface area contributed by atoms with Gasteiger partial charge in [-0.1, -0.05) is 0 Å². The van der Waals surface area contributed by atoms with E-state index in [4.69, 9.17) is 9.15 Å². The van der Waals surface area contributed by atoms with Crippen LogP contribution >= 0.6 is 0 Å². The van der Waals surface area contributed by atoms with E-state index < -0.39 is 0 Å². The lowest BCUT2D eigenvalue weighted by atomic mass is 10.1. The second kappa shape index (κ2) is 10.2. The maximum atomic E-state index is 12.8. The van der Waals surface area contributed by atoms with Gasteiger partial charge >= 0.3 is 0 Å². The van der Waals surface area contributed by atoms with Gasteiger partial charge in [0.2, 0.25) is 11.8 Å². The Bertz CT molecular complexity index is 1060. The molecule has 2 aromatic heterocycles. The molecule has 9 heteroatoms. The van der Waals surface area contributed by atoms with Gasteiger partial charge in [-0.2, -0.15) is 0 Å². The van der Waals surface area contributed by atoms with Crippen LogP contribution in [-0.4, -0.2) is 71.6 Å². The zero-order valence-corrected chi connectivity index (χ0v) is 18.8. The second-order valence-corrected chi connectivity index (χ2v) is 7.83. The molecular weight excluding hydrogens is 422 g/mol. The van der Waals surface area contributed by atoms with Crippen molar-refractivity contribution in [2.24, 2.45) is 0 Å². The average molecular weight is 450 g/mol. The molecule has 2 amide bonds. The summed E-state index contributed by atoms with van der Waals surface area (Å²) in [4.78, 5) is 30.1. The van der Waals surface area contributed by atoms with Gasteiger partial charge < -0.3 is 23.9 Å². The highest BCUT2D eigenvalue weighted by molar-refractivity contribution is 5.84. The van der Waals surface area contributed by atoms with Crippen molar-refractivity contribution >= 4 is 17.6 Å². The van der Waals surface area contributed by atoms with Gasteiger partial charge in [0.05, 0.1) is 25.6 Å². The molecule has 1 saturated heterocycles. The number of nitrogens with zero attached hydrogens (tertiary/aromatic N) is 5. The Morgan fingerprint density at radius 1 is 1.03 bits per heavy atom. The van der Waals surface area contributed by atoms with Gasteiger partial charge in [-0.3, -0.25) is 9.59 Å². The second-order valence-electron chi connectivity index (χ2n) is 7.83. The fourth-order valence-corrected chi connectivity index (χ4v) is 3.73. The summed E-state index contributed by atoms with van der Waals surface area (Å²) >= 11 is 0. The number of methoxy groups -OCH3 is 1. The molecule has 1 fully saturated rings. The van der Waals surface area contributed by atoms with Crippen molar-refractivity contribution in [3.05, 3.63) is 60.6 Å². The summed E-state index contributed by atoms with van der Waals surface area (Å²) in [6.07, 6.45) is 1.56. The van der Waals surface area contributed by atoms with Crippen molar-refractivity contribution in [3.63, 3.8) is 0 Å². The van der Waals surface area contributed by atoms with Crippen molar-refractivity contribution in [1.29, 1.82) is 0 Å². The maximum absolute atomic E-state index is 12.8. The van der Waals surface area contributed by atoms with Crippen molar-refractivity contribution in [3.8, 4) is 17.0 Å². The van der Waals surface area contributed by atoms with E-state index in [2.05, 4.69) is 15.1 Å². The van der Waals surface area contributed by atoms with Crippen LogP contribution in [0.5, 0.6) is 5.75 Å². The predicted octanol–water partition coefficient (Wildman–Crippen LogP) is 2.44. The number of hydrogen-bond acceptors (Lipinski definition) is 7. The van der Waals surface area contributed by atoms with Crippen LogP contribution in [0.3, 0.4) is 0 Å². The number of hydrogen-bond donors (Lipinski definition) is 0. The lowest BCUT2D eigenvalue weighted by Crippen LogP contribution is -2.51. The maximum Gasteiger partial charge on any atom is 0.242 e. The molecule has 0 radical (unpaired) electrons. The molecule has 0 unspecified atom stereocenters. The normalized spacial score (nSPS) is 13.6. The number of rotatable bonds is 7. The fourth-order valence-electron chi connectivity index (χ4n) is 3.73. The monoisotopic (exact) mass is 449 g/mol. The van der Waals surface area contributed by atoms with Gasteiger partial charge in [-0.05, 0) is 48.5 Å². The Kier molecular flexibility index (Phi) is 6.87. The number of carbonyl (C=O) groups is 2. The summed E-state index contributed by atoms with van der Waals surface area (Å²) in [7, 11) is 1.64. The van der Waals surface area contributed by atoms with Crippen LogP contribution in [0.2, 0.25) is 0 Å². The molecule has 9 nitrogen and oxygen atoms in total. The molecule has 0 atom stereocenters. The minimum atomic E-state index is -0.161. The Morgan fingerprint density at radius 3 is 2.36 bits per heavy atom. The number of anilines is 1. The molecule has 33 heavy (non-hydrogen) atoms. The molecule has 172 valence electrons. The zero-order valence-electron chi connectivity index (χ0n) is 18.8. The standard InChI is InChI=1S/C24H27N5O4/c1-18(30)29(16-21-4-3-15-33-21)17-24(31)28-13-11-27(12-14-28)23-10-9-22(25-26-23)19-5-7-20(32-2)8-6-19/h3-10,15H,11-14,16-17H2,1-2H3. The third kappa shape index (κ3) is 5.49. The highest BCUT2D eigenvalue weighted by atomic mass is 16.5. The van der Waals surface area contributed by atoms with Crippen molar-refractivity contribution < 1.29 is 18.7 Å². The van der Waals surface area contributed by atoms with E-state index in [1.807, 2.05) is 36.4 Å². The van der Waals surface area contributed by atoms with Crippen LogP contribution in [0.15, 0.2) is 59.2 Å². The molecule has 0 saturated carbocycles. The minimum Gasteiger partial charge on any atom is -0.497 e. The molecule has 1 aliphatic rings. The number of benzene rings is 1. The summed E-state index contributed by atoms with van der Waals surface area (Å²) in [6.45, 7) is 4.21. The fraction of sp³-hybridized carbons (Fsp3) is 0.333. The van der Waals surface area contributed by atoms with Crippen LogP contribution in [-0.2, 0) is 16.1 Å². The first-order valence-corrected chi connectivity index (χ1v) is 10.8. The highest BCUT2D eigenvalue weighted by Gasteiger charge is 2.25. The molecule has 0 N–H and O–H groups in total. The molecule has 0 bridgehead atoms. The zero-order chi connectivity index (χ0) is 23.2. The van der Waals surface area contributed by atoms with Crippen molar-refractivity contribution in [1.82, 2.24) is 20.0 Å². The third-order valence-corrected chi connectivity index (χ3v) is 5.69. The van der Waals surface area contributed by atoms with Crippen molar-refractivity contribution in [2.75, 3.05) is 44.7 Å². The summed E-state index contributed by atoms with van der Waals surface area (Å²) in [5, 5.41) is 8.74. The minimum absolute atomic E-state index is 0.0341. The van der Waals surface area contributed by atoms with Crippen LogP contribution in [0.25, 0.3) is 11.3 Å². The van der Waals surface area contributed by atoms with Crippen molar-refractivity contribution in [2.45, 2.75) is 13.5 Å². The first kappa shape index (κ1) is 22.3. The van der Waals surface area contributed by atoms with Gasteiger partial charge in [-0.15, -0.1) is 10.2 Å². The lowest BCUT2D eigenvalue weighted by Gasteiger charge is -2.36. The van der Waals surface area contributed by atoms with Gasteiger partial charge in [-0.25, -0.2) is 0 Å². The molecule has 3 aromatic rings. The number of carbonyl (C=O) groups excluding carboxylic acids is 2. The number of furan rings is 1. The van der Waals surface area contributed by atoms with Crippen LogP contribution < -0.4 is 9.64 Å². The van der Waals surface area contributed by atoms with E-state index in [1.54, 1.807) is 30.4 Å². The topological polar surface area (TPSA) is 92.0 Å². The molecule has 1 aliphatic heterocycles. The Hall–Kier alpha value is -3.88. The highest BCUT2D eigenvalue weighted by Crippen LogP contribution is 2.22. The quantitative estimate of drug-likeness (QED) is 0.547. The first-order chi connectivity index (χ1) is 16.0. The smallest absolute Gasteiger partial charge is 0.242 e. The summed E-state index contributed by atoms with van der Waals surface area (Å²) in [5.41, 5.74) is 1.76. The number of amides is 2. The van der Waals surface area contributed by atoms with Gasteiger partial charge in [0.15, 0.2) is 5.82 Å². The molecule has 0 spiro atoms. The molecule has 3 heterocycles. The molecule has 1 aromatic carbocycles. The van der Waals surface area contributed by atoms with E-state index in [-0.39, 0.29) is 24.9 Å². The summed E-state index contributed by atoms with van der Waals surface area (Å²) in [6, 6.07) is 15.1. The van der Waals surface area contributed by atoms with E-state index in [9.17, 15) is 9.59 Å². The van der Waals surface area contributed by atoms with E-state index in [0.717, 1.165) is 22.8 Å². The third-order valence-electron chi connectivity index (χ3n) is 5.69. The van der Waals surface area contributed by atoms with Gasteiger partial charge in [0, 0.05) is 38.7 Å². The predicted molar refractivity (Wildman–Crippen MR) is 123 cm³/mol. The van der Waals surface area contributed by atoms with Crippen LogP contribution in [0.4, 0.5) is 5.82 Å². The number of aromatic nitrogens is 2. The summed E-state index contributed by atoms with van der Waals surface area (Å²) in [5.74, 6) is 1.99. The van der Waals surface area contributed by atoms with Crippen LogP contribution in [0.1, 0.15) is 12.7 Å². The Morgan fingerprint density at radius 2 is 1.79 bits per heavy atom. The first-order valence-electron chi connectivity index (χ1n) is 10.8. The largest absolute Gasteiger partial charge is 0.497 e. The SMILES string of the molecule is COc1ccc(-c2ccc(N3CCN(C(=O)CN(Cc4ccco4)C(C)=O)CC3)nn2)cc1. The lowest BCUT2D eigenvalue weighted by molar-refractivity contribution is -0.140. The molecular formula is C24H27N5O4. The van der Waals surface area contributed by atoms with Gasteiger partial charge in [0.25, 0.3) is 0 Å². The Labute approximate surface area is 192 Å². The molecule has 0 aliphatic carbocycles. The van der Waals surface area contributed by atoms with E-state index in [1.165, 1.54) is 11.8 Å². The van der Waals surface area contributed by atoms with Crippen LogP contribution in [0, 0.1) is 0 Å². The van der Waals surface area contributed by atoms with E-state index in [0.29, 0.717) is 31.9 Å². The molecule has 4 rings (SSSR count). The number of piperazine rings is 1. The Balaban J connectivity index is 1.31. The summed E-state index contributed by atoms with van der Waals surface area (Å²) < 4.78 is 10.5.